The first-order valence-corrected chi connectivity index (χ1v) is 9.52. The molecule has 0 aromatic heterocycles. The Morgan fingerprint density at radius 2 is 1.55 bits per heavy atom. The van der Waals surface area contributed by atoms with Gasteiger partial charge in [0.1, 0.15) is 5.75 Å². The van der Waals surface area contributed by atoms with Crippen molar-refractivity contribution in [1.82, 2.24) is 10.2 Å². The van der Waals surface area contributed by atoms with Gasteiger partial charge in [-0.3, -0.25) is 9.59 Å². The molecular formula is C22H26N2O5. The maximum atomic E-state index is 12.8. The predicted octanol–water partition coefficient (Wildman–Crippen LogP) is 2.75. The Labute approximate surface area is 170 Å². The first kappa shape index (κ1) is 20.5. The van der Waals surface area contributed by atoms with Crippen LogP contribution in [0.1, 0.15) is 33.6 Å². The van der Waals surface area contributed by atoms with Gasteiger partial charge in [0.2, 0.25) is 0 Å². The van der Waals surface area contributed by atoms with Gasteiger partial charge in [-0.15, -0.1) is 0 Å². The van der Waals surface area contributed by atoms with Gasteiger partial charge in [0.15, 0.2) is 11.5 Å². The summed E-state index contributed by atoms with van der Waals surface area (Å²) in [5.41, 5.74) is 1.07. The van der Waals surface area contributed by atoms with Crippen LogP contribution in [0.3, 0.4) is 0 Å². The number of ether oxygens (including phenoxy) is 3. The summed E-state index contributed by atoms with van der Waals surface area (Å²) in [4.78, 5) is 27.2. The smallest absolute Gasteiger partial charge is 0.257 e. The molecule has 0 aliphatic carbocycles. The summed E-state index contributed by atoms with van der Waals surface area (Å²) in [6, 6.07) is 12.3. The highest BCUT2D eigenvalue weighted by atomic mass is 16.5. The van der Waals surface area contributed by atoms with E-state index in [9.17, 15) is 9.59 Å². The van der Waals surface area contributed by atoms with Gasteiger partial charge in [-0.2, -0.15) is 0 Å². The average Bonchev–Trinajstić information content (AvgIpc) is 2.78. The topological polar surface area (TPSA) is 77.1 Å². The van der Waals surface area contributed by atoms with Crippen LogP contribution in [0.2, 0.25) is 0 Å². The van der Waals surface area contributed by atoms with Crippen LogP contribution >= 0.6 is 0 Å². The van der Waals surface area contributed by atoms with E-state index in [1.54, 1.807) is 49.5 Å². The highest BCUT2D eigenvalue weighted by molar-refractivity contribution is 5.97. The first-order valence-electron chi connectivity index (χ1n) is 9.52. The van der Waals surface area contributed by atoms with Crippen LogP contribution in [-0.2, 0) is 0 Å². The van der Waals surface area contributed by atoms with Crippen LogP contribution in [0, 0.1) is 0 Å². The van der Waals surface area contributed by atoms with Crippen LogP contribution < -0.4 is 19.5 Å². The van der Waals surface area contributed by atoms with Gasteiger partial charge in [-0.25, -0.2) is 0 Å². The Kier molecular flexibility index (Phi) is 6.59. The monoisotopic (exact) mass is 398 g/mol. The van der Waals surface area contributed by atoms with Crippen molar-refractivity contribution in [2.75, 3.05) is 34.4 Å². The SMILES string of the molecule is COc1ccc(C(=O)NC2CCN(C(=O)c3ccccc3OC)CC2)cc1OC. The number of nitrogens with one attached hydrogen (secondary N) is 1. The van der Waals surface area contributed by atoms with E-state index in [-0.39, 0.29) is 17.9 Å². The first-order chi connectivity index (χ1) is 14.1. The summed E-state index contributed by atoms with van der Waals surface area (Å²) in [6.07, 6.45) is 1.39. The Morgan fingerprint density at radius 3 is 2.21 bits per heavy atom. The fourth-order valence-electron chi connectivity index (χ4n) is 3.46. The van der Waals surface area contributed by atoms with E-state index in [2.05, 4.69) is 5.32 Å². The van der Waals surface area contributed by atoms with Crippen molar-refractivity contribution in [1.29, 1.82) is 0 Å². The number of rotatable bonds is 6. The Morgan fingerprint density at radius 1 is 0.897 bits per heavy atom. The molecule has 0 bridgehead atoms. The number of carbonyl (C=O) groups is 2. The fraction of sp³-hybridized carbons (Fsp3) is 0.364. The zero-order chi connectivity index (χ0) is 20.8. The number of carbonyl (C=O) groups excluding carboxylic acids is 2. The predicted molar refractivity (Wildman–Crippen MR) is 109 cm³/mol. The van der Waals surface area contributed by atoms with Gasteiger partial charge in [-0.1, -0.05) is 12.1 Å². The molecular weight excluding hydrogens is 372 g/mol. The maximum Gasteiger partial charge on any atom is 0.257 e. The lowest BCUT2D eigenvalue weighted by Gasteiger charge is -2.32. The van der Waals surface area contributed by atoms with Crippen LogP contribution in [0.25, 0.3) is 0 Å². The molecule has 2 aromatic carbocycles. The summed E-state index contributed by atoms with van der Waals surface area (Å²) in [5.74, 6) is 1.44. The number of amides is 2. The summed E-state index contributed by atoms with van der Waals surface area (Å²) < 4.78 is 15.8. The largest absolute Gasteiger partial charge is 0.496 e. The van der Waals surface area contributed by atoms with E-state index >= 15 is 0 Å². The van der Waals surface area contributed by atoms with Crippen molar-refractivity contribution in [3.05, 3.63) is 53.6 Å². The molecule has 2 amide bonds. The van der Waals surface area contributed by atoms with Crippen LogP contribution in [0.4, 0.5) is 0 Å². The lowest BCUT2D eigenvalue weighted by molar-refractivity contribution is 0.0695. The molecule has 1 N–H and O–H groups in total. The van der Waals surface area contributed by atoms with E-state index in [4.69, 9.17) is 14.2 Å². The summed E-state index contributed by atoms with van der Waals surface area (Å²) >= 11 is 0. The Balaban J connectivity index is 1.58. The molecule has 7 nitrogen and oxygen atoms in total. The lowest BCUT2D eigenvalue weighted by Crippen LogP contribution is -2.46. The second-order valence-corrected chi connectivity index (χ2v) is 6.81. The molecule has 3 rings (SSSR count). The third-order valence-electron chi connectivity index (χ3n) is 5.10. The quantitative estimate of drug-likeness (QED) is 0.810. The molecule has 1 fully saturated rings. The molecule has 1 aliphatic rings. The van der Waals surface area contributed by atoms with Crippen LogP contribution in [0.5, 0.6) is 17.2 Å². The van der Waals surface area contributed by atoms with Gasteiger partial charge in [-0.05, 0) is 43.2 Å². The van der Waals surface area contributed by atoms with Gasteiger partial charge >= 0.3 is 0 Å². The summed E-state index contributed by atoms with van der Waals surface area (Å²) in [6.45, 7) is 1.15. The van der Waals surface area contributed by atoms with Crippen molar-refractivity contribution in [3.8, 4) is 17.2 Å². The van der Waals surface area contributed by atoms with Gasteiger partial charge in [0, 0.05) is 24.7 Å². The highest BCUT2D eigenvalue weighted by Gasteiger charge is 2.26. The molecule has 0 atom stereocenters. The third kappa shape index (κ3) is 4.62. The van der Waals surface area contributed by atoms with Crippen molar-refractivity contribution in [3.63, 3.8) is 0 Å². The lowest BCUT2D eigenvalue weighted by atomic mass is 10.0. The third-order valence-corrected chi connectivity index (χ3v) is 5.10. The zero-order valence-corrected chi connectivity index (χ0v) is 16.9. The minimum absolute atomic E-state index is 0.0114. The maximum absolute atomic E-state index is 12.8. The van der Waals surface area contributed by atoms with E-state index in [0.29, 0.717) is 54.3 Å². The molecule has 29 heavy (non-hydrogen) atoms. The van der Waals surface area contributed by atoms with Crippen molar-refractivity contribution in [2.45, 2.75) is 18.9 Å². The van der Waals surface area contributed by atoms with Crippen LogP contribution in [-0.4, -0.2) is 57.2 Å². The molecule has 154 valence electrons. The highest BCUT2D eigenvalue weighted by Crippen LogP contribution is 2.28. The molecule has 1 saturated heterocycles. The van der Waals surface area contributed by atoms with E-state index in [0.717, 1.165) is 0 Å². The van der Waals surface area contributed by atoms with Crippen molar-refractivity contribution in [2.24, 2.45) is 0 Å². The number of para-hydroxylation sites is 1. The van der Waals surface area contributed by atoms with E-state index in [1.165, 1.54) is 7.11 Å². The molecule has 0 spiro atoms. The minimum atomic E-state index is -0.166. The normalized spacial score (nSPS) is 14.2. The molecule has 0 unspecified atom stereocenters. The van der Waals surface area contributed by atoms with Gasteiger partial charge in [0.05, 0.1) is 26.9 Å². The second kappa shape index (κ2) is 9.32. The Bertz CT molecular complexity index is 875. The van der Waals surface area contributed by atoms with E-state index < -0.39 is 0 Å². The average molecular weight is 398 g/mol. The van der Waals surface area contributed by atoms with Gasteiger partial charge in [0.25, 0.3) is 11.8 Å². The molecule has 7 heteroatoms. The van der Waals surface area contributed by atoms with Gasteiger partial charge < -0.3 is 24.4 Å². The van der Waals surface area contributed by atoms with Crippen molar-refractivity contribution < 1.29 is 23.8 Å². The molecule has 0 radical (unpaired) electrons. The molecule has 1 aliphatic heterocycles. The number of benzene rings is 2. The molecule has 2 aromatic rings. The van der Waals surface area contributed by atoms with E-state index in [1.807, 2.05) is 12.1 Å². The van der Waals surface area contributed by atoms with Crippen molar-refractivity contribution >= 4 is 11.8 Å². The van der Waals surface area contributed by atoms with Crippen LogP contribution in [0.15, 0.2) is 42.5 Å². The fourth-order valence-corrected chi connectivity index (χ4v) is 3.46. The molecule has 1 heterocycles. The minimum Gasteiger partial charge on any atom is -0.496 e. The number of likely N-dealkylation sites (tertiary alicyclic amines) is 1. The number of piperidine rings is 1. The zero-order valence-electron chi connectivity index (χ0n) is 16.9. The number of nitrogens with zero attached hydrogens (tertiary/aromatic N) is 1. The standard InChI is InChI=1S/C22H26N2O5/c1-27-18-7-5-4-6-17(18)22(26)24-12-10-16(11-13-24)23-21(25)15-8-9-19(28-2)20(14-15)29-3/h4-9,14,16H,10-13H2,1-3H3,(H,23,25). The second-order valence-electron chi connectivity index (χ2n) is 6.81. The Hall–Kier alpha value is -3.22. The molecule has 0 saturated carbocycles. The number of hydrogen-bond donors (Lipinski definition) is 1. The summed E-state index contributed by atoms with van der Waals surface area (Å²) in [7, 11) is 4.65. The number of methoxy groups -OCH3 is 3. The number of hydrogen-bond acceptors (Lipinski definition) is 5. The summed E-state index contributed by atoms with van der Waals surface area (Å²) in [5, 5.41) is 3.05.